The molecule has 0 unspecified atom stereocenters. The molecular formula is C15H25NO4. The first kappa shape index (κ1) is 16.5. The minimum absolute atomic E-state index is 0.221. The Hall–Kier alpha value is -1.52. The molecular weight excluding hydrogens is 258 g/mol. The molecule has 0 radical (unpaired) electrons. The average Bonchev–Trinajstić information content (AvgIpc) is 2.53. The van der Waals surface area contributed by atoms with E-state index in [9.17, 15) is 14.7 Å². The van der Waals surface area contributed by atoms with Crippen LogP contribution in [-0.4, -0.2) is 39.8 Å². The largest absolute Gasteiger partial charge is 0.479 e. The molecule has 1 saturated heterocycles. The summed E-state index contributed by atoms with van der Waals surface area (Å²) in [6, 6.07) is 0. The fourth-order valence-electron chi connectivity index (χ4n) is 2.59. The molecule has 1 aliphatic rings. The molecule has 0 aromatic heterocycles. The van der Waals surface area contributed by atoms with E-state index >= 15 is 0 Å². The summed E-state index contributed by atoms with van der Waals surface area (Å²) in [7, 11) is 0. The monoisotopic (exact) mass is 283 g/mol. The summed E-state index contributed by atoms with van der Waals surface area (Å²) in [5.41, 5.74) is -1.88. The van der Waals surface area contributed by atoms with Gasteiger partial charge in [0.1, 0.15) is 5.60 Å². The number of amides is 1. The maximum atomic E-state index is 12.4. The highest BCUT2D eigenvalue weighted by Crippen LogP contribution is 2.46. The Balaban J connectivity index is 3.25. The maximum absolute atomic E-state index is 12.4. The molecule has 1 heterocycles. The lowest BCUT2D eigenvalue weighted by molar-refractivity contribution is -0.156. The second-order valence-corrected chi connectivity index (χ2v) is 7.41. The van der Waals surface area contributed by atoms with Crippen molar-refractivity contribution < 1.29 is 19.4 Å². The highest BCUT2D eigenvalue weighted by Gasteiger charge is 2.59. The Bertz CT molecular complexity index is 442. The van der Waals surface area contributed by atoms with Crippen molar-refractivity contribution in [3.8, 4) is 0 Å². The fraction of sp³-hybridized carbons (Fsp3) is 0.733. The number of ether oxygens (including phenoxy) is 1. The van der Waals surface area contributed by atoms with Gasteiger partial charge in [-0.1, -0.05) is 32.9 Å². The molecule has 0 spiro atoms. The number of carbonyl (C=O) groups excluding carboxylic acids is 1. The molecule has 1 N–H and O–H groups in total. The van der Waals surface area contributed by atoms with Crippen molar-refractivity contribution in [2.45, 2.75) is 59.1 Å². The van der Waals surface area contributed by atoms with E-state index in [1.165, 1.54) is 4.90 Å². The van der Waals surface area contributed by atoms with Crippen LogP contribution in [0.5, 0.6) is 0 Å². The molecule has 5 nitrogen and oxygen atoms in total. The molecule has 1 rings (SSSR count). The van der Waals surface area contributed by atoms with E-state index in [0.717, 1.165) is 5.57 Å². The van der Waals surface area contributed by atoms with Gasteiger partial charge in [-0.25, -0.2) is 9.59 Å². The second-order valence-electron chi connectivity index (χ2n) is 7.41. The van der Waals surface area contributed by atoms with Crippen LogP contribution in [0.25, 0.3) is 0 Å². The van der Waals surface area contributed by atoms with E-state index in [0.29, 0.717) is 0 Å². The zero-order valence-electron chi connectivity index (χ0n) is 13.2. The number of rotatable bonds is 1. The molecule has 1 amide bonds. The number of carbonyl (C=O) groups is 2. The van der Waals surface area contributed by atoms with Gasteiger partial charge >= 0.3 is 12.1 Å². The highest BCUT2D eigenvalue weighted by molar-refractivity contribution is 5.87. The van der Waals surface area contributed by atoms with Gasteiger partial charge in [0.2, 0.25) is 0 Å². The van der Waals surface area contributed by atoms with E-state index in [1.54, 1.807) is 20.8 Å². The normalized spacial score (nSPS) is 23.9. The van der Waals surface area contributed by atoms with Crippen LogP contribution in [0.4, 0.5) is 4.79 Å². The van der Waals surface area contributed by atoms with Crippen molar-refractivity contribution in [3.63, 3.8) is 0 Å². The standard InChI is InChI=1S/C15H25NO4/c1-10-8-15(11(17)18,13(2,3)4)16(9-10)12(19)20-14(5,6)7/h1,8-9H2,2-7H3,(H,17,18)/t15-/m1/s1. The van der Waals surface area contributed by atoms with Gasteiger partial charge in [-0.05, 0) is 26.2 Å². The summed E-state index contributed by atoms with van der Waals surface area (Å²) in [6.07, 6.45) is -0.348. The van der Waals surface area contributed by atoms with Gasteiger partial charge in [-0.15, -0.1) is 0 Å². The molecule has 0 aliphatic carbocycles. The van der Waals surface area contributed by atoms with Crippen LogP contribution in [-0.2, 0) is 9.53 Å². The summed E-state index contributed by atoms with van der Waals surface area (Å²) in [6.45, 7) is 14.8. The first-order valence-electron chi connectivity index (χ1n) is 6.72. The number of hydrogen-bond acceptors (Lipinski definition) is 3. The summed E-state index contributed by atoms with van der Waals surface area (Å²) in [5, 5.41) is 9.74. The van der Waals surface area contributed by atoms with Gasteiger partial charge in [0, 0.05) is 13.0 Å². The third-order valence-corrected chi connectivity index (χ3v) is 3.56. The zero-order valence-corrected chi connectivity index (χ0v) is 13.2. The third kappa shape index (κ3) is 2.81. The second kappa shape index (κ2) is 4.79. The van der Waals surface area contributed by atoms with Gasteiger partial charge in [-0.2, -0.15) is 0 Å². The van der Waals surface area contributed by atoms with Crippen LogP contribution in [0.3, 0.4) is 0 Å². The van der Waals surface area contributed by atoms with E-state index in [2.05, 4.69) is 6.58 Å². The third-order valence-electron chi connectivity index (χ3n) is 3.56. The van der Waals surface area contributed by atoms with E-state index in [-0.39, 0.29) is 13.0 Å². The summed E-state index contributed by atoms with van der Waals surface area (Å²) in [5.74, 6) is -1.02. The molecule has 1 atom stereocenters. The smallest absolute Gasteiger partial charge is 0.411 e. The van der Waals surface area contributed by atoms with Crippen molar-refractivity contribution in [1.82, 2.24) is 4.90 Å². The molecule has 1 aliphatic heterocycles. The molecule has 0 aromatic rings. The Labute approximate surface area is 120 Å². The summed E-state index contributed by atoms with van der Waals surface area (Å²) >= 11 is 0. The van der Waals surface area contributed by atoms with Crippen LogP contribution < -0.4 is 0 Å². The van der Waals surface area contributed by atoms with Crippen molar-refractivity contribution in [3.05, 3.63) is 12.2 Å². The molecule has 0 saturated carbocycles. The number of likely N-dealkylation sites (tertiary alicyclic amines) is 1. The van der Waals surface area contributed by atoms with Crippen LogP contribution in [0.2, 0.25) is 0 Å². The highest BCUT2D eigenvalue weighted by atomic mass is 16.6. The number of aliphatic carboxylic acids is 1. The van der Waals surface area contributed by atoms with Crippen LogP contribution in [0.15, 0.2) is 12.2 Å². The van der Waals surface area contributed by atoms with Crippen LogP contribution >= 0.6 is 0 Å². The minimum atomic E-state index is -1.31. The first-order chi connectivity index (χ1) is 8.81. The predicted octanol–water partition coefficient (Wildman–Crippen LogP) is 3.05. The van der Waals surface area contributed by atoms with Crippen molar-refractivity contribution >= 4 is 12.1 Å². The van der Waals surface area contributed by atoms with Gasteiger partial charge < -0.3 is 9.84 Å². The zero-order chi connectivity index (χ0) is 15.9. The lowest BCUT2D eigenvalue weighted by Crippen LogP contribution is -2.61. The number of carboxylic acids is 1. The maximum Gasteiger partial charge on any atom is 0.411 e. The Morgan fingerprint density at radius 3 is 2.10 bits per heavy atom. The van der Waals surface area contributed by atoms with Crippen molar-refractivity contribution in [2.75, 3.05) is 6.54 Å². The topological polar surface area (TPSA) is 66.8 Å². The number of carboxylic acid groups (broad SMARTS) is 1. The van der Waals surface area contributed by atoms with Gasteiger partial charge in [0.05, 0.1) is 0 Å². The van der Waals surface area contributed by atoms with Gasteiger partial charge in [0.15, 0.2) is 5.54 Å². The first-order valence-corrected chi connectivity index (χ1v) is 6.72. The Morgan fingerprint density at radius 2 is 1.75 bits per heavy atom. The summed E-state index contributed by atoms with van der Waals surface area (Å²) in [4.78, 5) is 25.6. The predicted molar refractivity (Wildman–Crippen MR) is 76.5 cm³/mol. The molecule has 0 bridgehead atoms. The Morgan fingerprint density at radius 1 is 1.25 bits per heavy atom. The quantitative estimate of drug-likeness (QED) is 0.751. The van der Waals surface area contributed by atoms with Crippen molar-refractivity contribution in [2.24, 2.45) is 5.41 Å². The Kier molecular flexibility index (Phi) is 3.96. The molecule has 0 aromatic carbocycles. The summed E-state index contributed by atoms with van der Waals surface area (Å²) < 4.78 is 5.35. The van der Waals surface area contributed by atoms with Crippen molar-refractivity contribution in [1.29, 1.82) is 0 Å². The van der Waals surface area contributed by atoms with E-state index in [4.69, 9.17) is 4.74 Å². The molecule has 1 fully saturated rings. The number of nitrogens with zero attached hydrogens (tertiary/aromatic N) is 1. The lowest BCUT2D eigenvalue weighted by Gasteiger charge is -2.44. The van der Waals surface area contributed by atoms with Gasteiger partial charge in [-0.3, -0.25) is 4.90 Å². The lowest BCUT2D eigenvalue weighted by atomic mass is 9.71. The fourth-order valence-corrected chi connectivity index (χ4v) is 2.59. The van der Waals surface area contributed by atoms with E-state index < -0.39 is 28.6 Å². The molecule has 5 heteroatoms. The number of hydrogen-bond donors (Lipinski definition) is 1. The minimum Gasteiger partial charge on any atom is -0.479 e. The van der Waals surface area contributed by atoms with Crippen LogP contribution in [0, 0.1) is 5.41 Å². The van der Waals surface area contributed by atoms with Crippen LogP contribution in [0.1, 0.15) is 48.0 Å². The van der Waals surface area contributed by atoms with E-state index in [1.807, 2.05) is 20.8 Å². The molecule has 20 heavy (non-hydrogen) atoms. The average molecular weight is 283 g/mol. The SMILES string of the molecule is C=C1CN(C(=O)OC(C)(C)C)[C@](C(=O)O)(C(C)(C)C)C1. The molecule has 114 valence electrons. The van der Waals surface area contributed by atoms with Gasteiger partial charge in [0.25, 0.3) is 0 Å².